The number of carbonyl (C=O) groups excluding carboxylic acids is 1. The van der Waals surface area contributed by atoms with E-state index in [1.807, 2.05) is 0 Å². The van der Waals surface area contributed by atoms with Crippen molar-refractivity contribution in [1.82, 2.24) is 5.32 Å². The van der Waals surface area contributed by atoms with Crippen molar-refractivity contribution in [1.29, 1.82) is 0 Å². The van der Waals surface area contributed by atoms with Crippen LogP contribution in [0.1, 0.15) is 24.8 Å². The van der Waals surface area contributed by atoms with Gasteiger partial charge < -0.3 is 14.8 Å². The van der Waals surface area contributed by atoms with Crippen molar-refractivity contribution in [3.8, 4) is 0 Å². The van der Waals surface area contributed by atoms with Gasteiger partial charge in [-0.3, -0.25) is 0 Å². The first-order valence-corrected chi connectivity index (χ1v) is 8.34. The summed E-state index contributed by atoms with van der Waals surface area (Å²) in [6.45, 7) is 9.73. The second-order valence-corrected chi connectivity index (χ2v) is 6.33. The molecule has 132 valence electrons. The lowest BCUT2D eigenvalue weighted by Gasteiger charge is -2.30. The fourth-order valence-corrected chi connectivity index (χ4v) is 3.40. The smallest absolute Gasteiger partial charge is 0.335 e. The van der Waals surface area contributed by atoms with Crippen LogP contribution in [0.3, 0.4) is 0 Å². The number of halogens is 2. The van der Waals surface area contributed by atoms with Crippen LogP contribution in [0.5, 0.6) is 0 Å². The van der Waals surface area contributed by atoms with Crippen LogP contribution in [-0.2, 0) is 14.3 Å². The number of hydrogen-bond acceptors (Lipinski definition) is 4. The largest absolute Gasteiger partial charge is 0.466 e. The van der Waals surface area contributed by atoms with E-state index in [4.69, 9.17) is 16.0 Å². The summed E-state index contributed by atoms with van der Waals surface area (Å²) in [6, 6.07) is 4.20. The molecule has 1 aliphatic rings. The van der Waals surface area contributed by atoms with Gasteiger partial charge in [0.25, 0.3) is 0 Å². The maximum atomic E-state index is 13.5. The molecule has 1 aromatic carbocycles. The molecule has 2 rings (SSSR count). The van der Waals surface area contributed by atoms with Crippen LogP contribution in [0.4, 0.5) is 4.39 Å². The molecule has 1 heterocycles. The normalized spacial score (nSPS) is 17.2. The van der Waals surface area contributed by atoms with E-state index in [1.165, 1.54) is 19.2 Å². The molecule has 0 radical (unpaired) electrons. The minimum absolute atomic E-state index is 0.337. The van der Waals surface area contributed by atoms with Gasteiger partial charge in [0, 0.05) is 29.4 Å². The lowest BCUT2D eigenvalue weighted by molar-refractivity contribution is -0.136. The quantitative estimate of drug-likeness (QED) is 0.592. The first-order chi connectivity index (χ1) is 11.9. The summed E-state index contributed by atoms with van der Waals surface area (Å²) in [5.74, 6) is -1.58. The molecule has 1 unspecified atom stereocenters. The summed E-state index contributed by atoms with van der Waals surface area (Å²) in [5.41, 5.74) is 2.62. The molecular weight excluding hydrogens is 391 g/mol. The van der Waals surface area contributed by atoms with Crippen LogP contribution in [0.2, 0.25) is 0 Å². The highest BCUT2D eigenvalue weighted by atomic mass is 79.9. The fraction of sp³-hybridized carbons (Fsp3) is 0.333. The molecule has 0 aliphatic carbocycles. The Kier molecular flexibility index (Phi) is 6.34. The molecule has 5 nitrogen and oxygen atoms in total. The minimum Gasteiger partial charge on any atom is -0.466 e. The molecule has 7 heteroatoms. The molecule has 0 amide bonds. The van der Waals surface area contributed by atoms with Crippen molar-refractivity contribution in [2.75, 3.05) is 20.8 Å². The second kappa shape index (κ2) is 8.28. The van der Waals surface area contributed by atoms with Gasteiger partial charge in [0.15, 0.2) is 5.70 Å². The Bertz CT molecular complexity index is 796. The molecule has 1 aromatic rings. The zero-order chi connectivity index (χ0) is 18.6. The van der Waals surface area contributed by atoms with Gasteiger partial charge in [-0.2, -0.15) is 0 Å². The lowest BCUT2D eigenvalue weighted by atomic mass is 9.83. The zero-order valence-corrected chi connectivity index (χ0v) is 15.7. The molecule has 0 saturated heterocycles. The Morgan fingerprint density at radius 2 is 2.16 bits per heavy atom. The van der Waals surface area contributed by atoms with Gasteiger partial charge in [-0.25, -0.2) is 14.0 Å². The second-order valence-electron chi connectivity index (χ2n) is 5.47. The number of benzene rings is 1. The topological polar surface area (TPSA) is 51.9 Å². The maximum Gasteiger partial charge on any atom is 0.335 e. The minimum atomic E-state index is -0.645. The van der Waals surface area contributed by atoms with E-state index in [2.05, 4.69) is 26.1 Å². The number of ether oxygens (including phenoxy) is 2. The summed E-state index contributed by atoms with van der Waals surface area (Å²) >= 11 is 3.35. The first kappa shape index (κ1) is 19.2. The number of carbonyl (C=O) groups is 1. The van der Waals surface area contributed by atoms with Crippen molar-refractivity contribution in [2.45, 2.75) is 19.3 Å². The number of allylic oxidation sites excluding steroid dienone is 2. The third kappa shape index (κ3) is 3.91. The van der Waals surface area contributed by atoms with Gasteiger partial charge in [0.2, 0.25) is 0 Å². The van der Waals surface area contributed by atoms with E-state index >= 15 is 0 Å². The Morgan fingerprint density at radius 3 is 2.72 bits per heavy atom. The molecular formula is C18H18BrFN2O3. The molecule has 25 heavy (non-hydrogen) atoms. The van der Waals surface area contributed by atoms with Crippen molar-refractivity contribution in [3.05, 3.63) is 68.1 Å². The van der Waals surface area contributed by atoms with Gasteiger partial charge in [-0.1, -0.05) is 22.0 Å². The van der Waals surface area contributed by atoms with Crippen LogP contribution in [0.15, 0.2) is 45.3 Å². The van der Waals surface area contributed by atoms with Gasteiger partial charge in [-0.05, 0) is 24.6 Å². The summed E-state index contributed by atoms with van der Waals surface area (Å²) in [6.07, 6.45) is 0.457. The predicted molar refractivity (Wildman–Crippen MR) is 94.8 cm³/mol. The highest BCUT2D eigenvalue weighted by Gasteiger charge is 2.36. The Balaban J connectivity index is 2.69. The number of nitrogens with zero attached hydrogens (tertiary/aromatic N) is 1. The third-order valence-electron chi connectivity index (χ3n) is 3.97. The summed E-state index contributed by atoms with van der Waals surface area (Å²) in [4.78, 5) is 16.1. The Labute approximate surface area is 154 Å². The van der Waals surface area contributed by atoms with E-state index < -0.39 is 17.7 Å². The SMILES string of the molecule is [C-]#[N+]C1=C(C)NC(CCOC)=C(C(=O)OC)C1c1ccc(F)cc1Br. The first-order valence-electron chi connectivity index (χ1n) is 7.55. The maximum absolute atomic E-state index is 13.5. The van der Waals surface area contributed by atoms with Gasteiger partial charge in [0.05, 0.1) is 31.8 Å². The van der Waals surface area contributed by atoms with E-state index in [9.17, 15) is 9.18 Å². The molecule has 1 N–H and O–H groups in total. The van der Waals surface area contributed by atoms with Crippen molar-refractivity contribution in [3.63, 3.8) is 0 Å². The molecule has 0 fully saturated rings. The predicted octanol–water partition coefficient (Wildman–Crippen LogP) is 3.89. The Hall–Kier alpha value is -2.17. The highest BCUT2D eigenvalue weighted by Crippen LogP contribution is 2.42. The lowest BCUT2D eigenvalue weighted by Crippen LogP contribution is -2.29. The fourth-order valence-electron chi connectivity index (χ4n) is 2.82. The third-order valence-corrected chi connectivity index (χ3v) is 4.65. The van der Waals surface area contributed by atoms with E-state index in [1.54, 1.807) is 20.1 Å². The van der Waals surface area contributed by atoms with Gasteiger partial charge in [-0.15, -0.1) is 0 Å². The highest BCUT2D eigenvalue weighted by molar-refractivity contribution is 9.10. The van der Waals surface area contributed by atoms with Crippen LogP contribution in [-0.4, -0.2) is 26.8 Å². The number of dihydropyridines is 1. The molecule has 1 atom stereocenters. The van der Waals surface area contributed by atoms with Gasteiger partial charge >= 0.3 is 5.97 Å². The van der Waals surface area contributed by atoms with E-state index in [0.717, 1.165) is 0 Å². The summed E-state index contributed by atoms with van der Waals surface area (Å²) < 4.78 is 24.1. The van der Waals surface area contributed by atoms with E-state index in [-0.39, 0.29) is 0 Å². The molecule has 0 aromatic heterocycles. The zero-order valence-electron chi connectivity index (χ0n) is 14.2. The van der Waals surface area contributed by atoms with Crippen molar-refractivity contribution < 1.29 is 18.7 Å². The molecule has 1 aliphatic heterocycles. The van der Waals surface area contributed by atoms with Crippen LogP contribution in [0.25, 0.3) is 4.85 Å². The average Bonchev–Trinajstić information content (AvgIpc) is 2.58. The van der Waals surface area contributed by atoms with Crippen molar-refractivity contribution in [2.24, 2.45) is 0 Å². The number of esters is 1. The standard InChI is InChI=1S/C18H18BrFN2O3/c1-10-17(21-2)15(12-6-5-11(20)9-13(12)19)16(18(23)25-4)14(22-10)7-8-24-3/h5-6,9,15,22H,7-8H2,1,3-4H3. The monoisotopic (exact) mass is 408 g/mol. The van der Waals surface area contributed by atoms with Gasteiger partial charge in [0.1, 0.15) is 5.82 Å². The van der Waals surface area contributed by atoms with Crippen LogP contribution >= 0.6 is 15.9 Å². The summed E-state index contributed by atoms with van der Waals surface area (Å²) in [7, 11) is 2.87. The average molecular weight is 409 g/mol. The van der Waals surface area contributed by atoms with Crippen molar-refractivity contribution >= 4 is 21.9 Å². The summed E-state index contributed by atoms with van der Waals surface area (Å²) in [5, 5.41) is 3.12. The number of methoxy groups -OCH3 is 2. The molecule has 0 spiro atoms. The number of nitrogens with one attached hydrogen (secondary N) is 1. The Morgan fingerprint density at radius 1 is 1.44 bits per heavy atom. The molecule has 0 bridgehead atoms. The number of hydrogen-bond donors (Lipinski definition) is 1. The number of rotatable bonds is 5. The molecule has 0 saturated carbocycles. The van der Waals surface area contributed by atoms with Crippen LogP contribution in [0, 0.1) is 12.4 Å². The van der Waals surface area contributed by atoms with Crippen LogP contribution < -0.4 is 5.32 Å². The van der Waals surface area contributed by atoms with E-state index in [0.29, 0.717) is 45.7 Å².